The van der Waals surface area contributed by atoms with Gasteiger partial charge in [0.25, 0.3) is 5.56 Å². The Morgan fingerprint density at radius 3 is 2.70 bits per heavy atom. The van der Waals surface area contributed by atoms with E-state index in [1.165, 1.54) is 10.9 Å². The number of benzene rings is 2. The van der Waals surface area contributed by atoms with Gasteiger partial charge < -0.3 is 5.32 Å². The summed E-state index contributed by atoms with van der Waals surface area (Å²) >= 11 is 5.88. The number of aryl methyl sites for hydroxylation is 1. The van der Waals surface area contributed by atoms with Crippen LogP contribution in [0.15, 0.2) is 53.6 Å². The zero-order chi connectivity index (χ0) is 16.4. The van der Waals surface area contributed by atoms with Gasteiger partial charge in [0, 0.05) is 10.7 Å². The third kappa shape index (κ3) is 3.40. The molecule has 0 spiro atoms. The van der Waals surface area contributed by atoms with Crippen molar-refractivity contribution in [2.45, 2.75) is 13.5 Å². The van der Waals surface area contributed by atoms with Crippen LogP contribution in [0.25, 0.3) is 10.9 Å². The number of anilines is 1. The number of nitrogens with zero attached hydrogens (tertiary/aromatic N) is 2. The predicted molar refractivity (Wildman–Crippen MR) is 90.8 cm³/mol. The third-order valence-corrected chi connectivity index (χ3v) is 3.67. The molecule has 1 heterocycles. The zero-order valence-corrected chi connectivity index (χ0v) is 13.2. The normalized spacial score (nSPS) is 10.7. The van der Waals surface area contributed by atoms with Gasteiger partial charge in [0.2, 0.25) is 5.91 Å². The van der Waals surface area contributed by atoms with Crippen LogP contribution in [0.5, 0.6) is 0 Å². The van der Waals surface area contributed by atoms with Gasteiger partial charge in [-0.15, -0.1) is 0 Å². The lowest BCUT2D eigenvalue weighted by molar-refractivity contribution is -0.116. The highest BCUT2D eigenvalue weighted by atomic mass is 35.5. The van der Waals surface area contributed by atoms with Gasteiger partial charge in [-0.3, -0.25) is 14.2 Å². The van der Waals surface area contributed by atoms with Crippen LogP contribution in [-0.2, 0) is 11.3 Å². The van der Waals surface area contributed by atoms with Crippen LogP contribution in [0.2, 0.25) is 5.02 Å². The second kappa shape index (κ2) is 6.22. The molecule has 2 aromatic carbocycles. The van der Waals surface area contributed by atoms with E-state index in [9.17, 15) is 9.59 Å². The Kier molecular flexibility index (Phi) is 4.12. The predicted octanol–water partition coefficient (Wildman–Crippen LogP) is 3.00. The van der Waals surface area contributed by atoms with Gasteiger partial charge in [-0.1, -0.05) is 29.3 Å². The lowest BCUT2D eigenvalue weighted by Crippen LogP contribution is -2.27. The number of aromatic nitrogens is 2. The smallest absolute Gasteiger partial charge is 0.261 e. The van der Waals surface area contributed by atoms with Crippen molar-refractivity contribution in [2.24, 2.45) is 0 Å². The first-order chi connectivity index (χ1) is 11.0. The first-order valence-corrected chi connectivity index (χ1v) is 7.42. The minimum Gasteiger partial charge on any atom is -0.325 e. The summed E-state index contributed by atoms with van der Waals surface area (Å²) in [7, 11) is 0. The fourth-order valence-corrected chi connectivity index (χ4v) is 2.40. The topological polar surface area (TPSA) is 64.0 Å². The van der Waals surface area contributed by atoms with Crippen molar-refractivity contribution in [3.8, 4) is 0 Å². The number of halogens is 1. The fraction of sp³-hybridized carbons (Fsp3) is 0.118. The average Bonchev–Trinajstić information content (AvgIpc) is 2.52. The van der Waals surface area contributed by atoms with Gasteiger partial charge >= 0.3 is 0 Å². The van der Waals surface area contributed by atoms with Crippen LogP contribution >= 0.6 is 11.6 Å². The summed E-state index contributed by atoms with van der Waals surface area (Å²) in [5.74, 6) is -0.286. The third-order valence-electron chi connectivity index (χ3n) is 3.44. The number of carbonyl (C=O) groups excluding carboxylic acids is 1. The Morgan fingerprint density at radius 1 is 1.22 bits per heavy atom. The molecule has 3 aromatic rings. The Hall–Kier alpha value is -2.66. The number of amides is 1. The summed E-state index contributed by atoms with van der Waals surface area (Å²) in [5.41, 5.74) is 2.04. The second-order valence-corrected chi connectivity index (χ2v) is 5.69. The van der Waals surface area contributed by atoms with E-state index in [0.29, 0.717) is 21.6 Å². The van der Waals surface area contributed by atoms with Crippen LogP contribution in [0.1, 0.15) is 5.56 Å². The molecule has 1 N–H and O–H groups in total. The van der Waals surface area contributed by atoms with Gasteiger partial charge in [-0.25, -0.2) is 4.98 Å². The van der Waals surface area contributed by atoms with Gasteiger partial charge in [-0.05, 0) is 37.3 Å². The highest BCUT2D eigenvalue weighted by Gasteiger charge is 2.09. The molecule has 1 aromatic heterocycles. The first-order valence-electron chi connectivity index (χ1n) is 7.04. The van der Waals surface area contributed by atoms with Crippen molar-refractivity contribution < 1.29 is 4.79 Å². The minimum atomic E-state index is -0.286. The molecule has 0 aliphatic carbocycles. The molecule has 0 aliphatic rings. The molecular weight excluding hydrogens is 314 g/mol. The molecule has 0 fully saturated rings. The lowest BCUT2D eigenvalue weighted by atomic mass is 10.2. The van der Waals surface area contributed by atoms with Gasteiger partial charge in [0.1, 0.15) is 6.54 Å². The maximum atomic E-state index is 12.4. The summed E-state index contributed by atoms with van der Waals surface area (Å²) in [6.45, 7) is 1.87. The largest absolute Gasteiger partial charge is 0.325 e. The number of rotatable bonds is 3. The molecule has 0 aliphatic heterocycles. The van der Waals surface area contributed by atoms with Gasteiger partial charge in [0.15, 0.2) is 0 Å². The van der Waals surface area contributed by atoms with Crippen molar-refractivity contribution in [3.05, 3.63) is 69.7 Å². The lowest BCUT2D eigenvalue weighted by Gasteiger charge is -2.08. The van der Waals surface area contributed by atoms with Crippen molar-refractivity contribution in [2.75, 3.05) is 5.32 Å². The van der Waals surface area contributed by atoms with E-state index in [1.807, 2.05) is 31.2 Å². The van der Waals surface area contributed by atoms with Crippen LogP contribution in [0.4, 0.5) is 5.69 Å². The SMILES string of the molecule is Cc1ccc(NC(=O)Cn2cnc3cc(Cl)ccc3c2=O)cc1. The fourth-order valence-electron chi connectivity index (χ4n) is 2.24. The molecule has 6 heteroatoms. The monoisotopic (exact) mass is 327 g/mol. The molecular formula is C17H14ClN3O2. The molecule has 0 radical (unpaired) electrons. The second-order valence-electron chi connectivity index (χ2n) is 5.25. The summed E-state index contributed by atoms with van der Waals surface area (Å²) < 4.78 is 1.28. The van der Waals surface area contributed by atoms with E-state index in [4.69, 9.17) is 11.6 Å². The van der Waals surface area contributed by atoms with Crippen LogP contribution in [0, 0.1) is 6.92 Å². The van der Waals surface area contributed by atoms with E-state index < -0.39 is 0 Å². The molecule has 1 amide bonds. The van der Waals surface area contributed by atoms with Crippen LogP contribution < -0.4 is 10.9 Å². The van der Waals surface area contributed by atoms with E-state index in [2.05, 4.69) is 10.3 Å². The van der Waals surface area contributed by atoms with E-state index in [1.54, 1.807) is 18.2 Å². The quantitative estimate of drug-likeness (QED) is 0.804. The Bertz CT molecular complexity index is 933. The molecule has 116 valence electrons. The van der Waals surface area contributed by atoms with Crippen molar-refractivity contribution >= 4 is 34.1 Å². The standard InChI is InChI=1S/C17H14ClN3O2/c1-11-2-5-13(6-3-11)20-16(22)9-21-10-19-15-8-12(18)4-7-14(15)17(21)23/h2-8,10H,9H2,1H3,(H,20,22). The summed E-state index contributed by atoms with van der Waals surface area (Å²) in [5, 5.41) is 3.70. The first kappa shape index (κ1) is 15.2. The Balaban J connectivity index is 1.82. The van der Waals surface area contributed by atoms with Crippen LogP contribution in [-0.4, -0.2) is 15.5 Å². The number of hydrogen-bond donors (Lipinski definition) is 1. The maximum absolute atomic E-state index is 12.4. The Labute approximate surface area is 137 Å². The zero-order valence-electron chi connectivity index (χ0n) is 12.4. The molecule has 0 bridgehead atoms. The van der Waals surface area contributed by atoms with Crippen molar-refractivity contribution in [3.63, 3.8) is 0 Å². The number of nitrogens with one attached hydrogen (secondary N) is 1. The molecule has 5 nitrogen and oxygen atoms in total. The summed E-state index contributed by atoms with van der Waals surface area (Å²) in [6, 6.07) is 12.3. The summed E-state index contributed by atoms with van der Waals surface area (Å²) in [6.07, 6.45) is 1.36. The Morgan fingerprint density at radius 2 is 1.96 bits per heavy atom. The van der Waals surface area contributed by atoms with Gasteiger partial charge in [-0.2, -0.15) is 0 Å². The van der Waals surface area contributed by atoms with E-state index >= 15 is 0 Å². The highest BCUT2D eigenvalue weighted by molar-refractivity contribution is 6.31. The van der Waals surface area contributed by atoms with Gasteiger partial charge in [0.05, 0.1) is 17.2 Å². The molecule has 3 rings (SSSR count). The summed E-state index contributed by atoms with van der Waals surface area (Å²) in [4.78, 5) is 28.6. The number of carbonyl (C=O) groups is 1. The van der Waals surface area contributed by atoms with E-state index in [-0.39, 0.29) is 18.0 Å². The molecule has 23 heavy (non-hydrogen) atoms. The maximum Gasteiger partial charge on any atom is 0.261 e. The molecule has 0 atom stereocenters. The van der Waals surface area contributed by atoms with Crippen molar-refractivity contribution in [1.82, 2.24) is 9.55 Å². The highest BCUT2D eigenvalue weighted by Crippen LogP contribution is 2.14. The molecule has 0 saturated heterocycles. The number of fused-ring (bicyclic) bond motifs is 1. The minimum absolute atomic E-state index is 0.0989. The van der Waals surface area contributed by atoms with E-state index in [0.717, 1.165) is 5.56 Å². The van der Waals surface area contributed by atoms with Crippen molar-refractivity contribution in [1.29, 1.82) is 0 Å². The van der Waals surface area contributed by atoms with Crippen LogP contribution in [0.3, 0.4) is 0 Å². The average molecular weight is 328 g/mol. The molecule has 0 unspecified atom stereocenters. The molecule has 0 saturated carbocycles. The number of hydrogen-bond acceptors (Lipinski definition) is 3.